The van der Waals surface area contributed by atoms with Crippen LogP contribution in [0.1, 0.15) is 42.9 Å². The second kappa shape index (κ2) is 10.2. The van der Waals surface area contributed by atoms with E-state index in [0.717, 1.165) is 63.2 Å². The van der Waals surface area contributed by atoms with Crippen molar-refractivity contribution >= 4 is 5.91 Å². The molecule has 2 fully saturated rings. The van der Waals surface area contributed by atoms with Gasteiger partial charge in [0.1, 0.15) is 0 Å². The van der Waals surface area contributed by atoms with Crippen LogP contribution in [0.5, 0.6) is 11.5 Å². The highest BCUT2D eigenvalue weighted by atomic mass is 16.5. The number of likely N-dealkylation sites (tertiary alicyclic amines) is 2. The molecule has 0 bridgehead atoms. The van der Waals surface area contributed by atoms with Gasteiger partial charge in [-0.1, -0.05) is 36.4 Å². The number of amides is 1. The molecule has 1 amide bonds. The fourth-order valence-electron chi connectivity index (χ4n) is 5.06. The number of methoxy groups -OCH3 is 2. The Kier molecular flexibility index (Phi) is 7.13. The Morgan fingerprint density at radius 3 is 2.39 bits per heavy atom. The molecule has 0 radical (unpaired) electrons. The lowest BCUT2D eigenvalue weighted by molar-refractivity contribution is -0.134. The molecule has 0 aliphatic carbocycles. The minimum atomic E-state index is 0.263. The minimum absolute atomic E-state index is 0.263. The molecule has 2 heterocycles. The third kappa shape index (κ3) is 5.21. The van der Waals surface area contributed by atoms with Crippen molar-refractivity contribution in [2.24, 2.45) is 5.92 Å². The Bertz CT molecular complexity index is 862. The zero-order valence-corrected chi connectivity index (χ0v) is 18.8. The van der Waals surface area contributed by atoms with Gasteiger partial charge in [-0.25, -0.2) is 0 Å². The first-order valence-electron chi connectivity index (χ1n) is 11.5. The highest BCUT2D eigenvalue weighted by Crippen LogP contribution is 2.37. The maximum atomic E-state index is 13.1. The van der Waals surface area contributed by atoms with Gasteiger partial charge in [-0.3, -0.25) is 9.69 Å². The monoisotopic (exact) mass is 422 g/mol. The molecule has 31 heavy (non-hydrogen) atoms. The summed E-state index contributed by atoms with van der Waals surface area (Å²) < 4.78 is 10.9. The normalized spacial score (nSPS) is 20.1. The number of carbonyl (C=O) groups excluding carboxylic acids is 1. The average Bonchev–Trinajstić information content (AvgIpc) is 3.27. The first kappa shape index (κ1) is 21.7. The average molecular weight is 423 g/mol. The van der Waals surface area contributed by atoms with E-state index in [1.54, 1.807) is 14.2 Å². The maximum Gasteiger partial charge on any atom is 0.236 e. The van der Waals surface area contributed by atoms with Gasteiger partial charge in [-0.05, 0) is 67.8 Å². The van der Waals surface area contributed by atoms with Gasteiger partial charge < -0.3 is 14.4 Å². The molecule has 2 aromatic rings. The van der Waals surface area contributed by atoms with Crippen molar-refractivity contribution in [3.63, 3.8) is 0 Å². The topological polar surface area (TPSA) is 42.0 Å². The van der Waals surface area contributed by atoms with Crippen molar-refractivity contribution in [2.45, 2.75) is 38.1 Å². The molecule has 0 N–H and O–H groups in total. The van der Waals surface area contributed by atoms with Crippen molar-refractivity contribution in [2.75, 3.05) is 40.4 Å². The molecule has 2 aromatic carbocycles. The van der Waals surface area contributed by atoms with Crippen molar-refractivity contribution in [1.29, 1.82) is 0 Å². The quantitative estimate of drug-likeness (QED) is 0.666. The van der Waals surface area contributed by atoms with Crippen LogP contribution in [0.25, 0.3) is 0 Å². The van der Waals surface area contributed by atoms with Gasteiger partial charge in [0.25, 0.3) is 0 Å². The van der Waals surface area contributed by atoms with Crippen LogP contribution in [0.4, 0.5) is 0 Å². The molecule has 0 saturated carbocycles. The third-order valence-electron chi connectivity index (χ3n) is 6.83. The summed E-state index contributed by atoms with van der Waals surface area (Å²) in [6.45, 7) is 3.23. The molecule has 5 heteroatoms. The van der Waals surface area contributed by atoms with Crippen LogP contribution in [0.15, 0.2) is 48.5 Å². The summed E-state index contributed by atoms with van der Waals surface area (Å²) in [7, 11) is 3.32. The molecule has 0 unspecified atom stereocenters. The first-order chi connectivity index (χ1) is 15.2. The highest BCUT2D eigenvalue weighted by Gasteiger charge is 2.31. The van der Waals surface area contributed by atoms with E-state index in [2.05, 4.69) is 52.3 Å². The van der Waals surface area contributed by atoms with Crippen LogP contribution >= 0.6 is 0 Å². The lowest BCUT2D eigenvalue weighted by atomic mass is 9.90. The molecule has 2 saturated heterocycles. The van der Waals surface area contributed by atoms with E-state index in [-0.39, 0.29) is 11.9 Å². The maximum absolute atomic E-state index is 13.1. The largest absolute Gasteiger partial charge is 0.493 e. The van der Waals surface area contributed by atoms with Crippen LogP contribution in [0.2, 0.25) is 0 Å². The smallest absolute Gasteiger partial charge is 0.236 e. The molecule has 4 rings (SSSR count). The number of hydrogen-bond acceptors (Lipinski definition) is 4. The third-order valence-corrected chi connectivity index (χ3v) is 6.83. The van der Waals surface area contributed by atoms with Gasteiger partial charge in [-0.15, -0.1) is 0 Å². The van der Waals surface area contributed by atoms with Gasteiger partial charge in [0, 0.05) is 19.1 Å². The summed E-state index contributed by atoms with van der Waals surface area (Å²) in [4.78, 5) is 17.5. The first-order valence-corrected chi connectivity index (χ1v) is 11.5. The summed E-state index contributed by atoms with van der Waals surface area (Å²) in [5, 5.41) is 0. The predicted octanol–water partition coefficient (Wildman–Crippen LogP) is 4.32. The van der Waals surface area contributed by atoms with Gasteiger partial charge in [-0.2, -0.15) is 0 Å². The van der Waals surface area contributed by atoms with Gasteiger partial charge >= 0.3 is 0 Å². The number of carbonyl (C=O) groups is 1. The molecule has 2 aliphatic rings. The van der Waals surface area contributed by atoms with E-state index in [1.165, 1.54) is 11.1 Å². The summed E-state index contributed by atoms with van der Waals surface area (Å²) in [6.07, 6.45) is 5.50. The Labute approximate surface area is 185 Å². The fraction of sp³-hybridized carbons (Fsp3) is 0.500. The number of hydrogen-bond donors (Lipinski definition) is 0. The second-order valence-corrected chi connectivity index (χ2v) is 8.76. The molecule has 2 aliphatic heterocycles. The molecule has 1 atom stereocenters. The SMILES string of the molecule is COc1ccc([C@@H]2CCCN2CC(=O)N2CCC(Cc3ccccc3)CC2)cc1OC. The number of nitrogens with zero attached hydrogens (tertiary/aromatic N) is 2. The van der Waals surface area contributed by atoms with E-state index >= 15 is 0 Å². The molecule has 5 nitrogen and oxygen atoms in total. The van der Waals surface area contributed by atoms with Crippen molar-refractivity contribution in [3.05, 3.63) is 59.7 Å². The number of benzene rings is 2. The minimum Gasteiger partial charge on any atom is -0.493 e. The molecule has 0 spiro atoms. The van der Waals surface area contributed by atoms with Crippen LogP contribution in [0, 0.1) is 5.92 Å². The predicted molar refractivity (Wildman–Crippen MR) is 123 cm³/mol. The summed E-state index contributed by atoms with van der Waals surface area (Å²) >= 11 is 0. The van der Waals surface area contributed by atoms with Crippen LogP contribution < -0.4 is 9.47 Å². The van der Waals surface area contributed by atoms with Crippen molar-refractivity contribution in [1.82, 2.24) is 9.80 Å². The lowest BCUT2D eigenvalue weighted by Crippen LogP contribution is -2.44. The summed E-state index contributed by atoms with van der Waals surface area (Å²) in [5.41, 5.74) is 2.60. The number of rotatable bonds is 7. The van der Waals surface area contributed by atoms with Crippen LogP contribution in [-0.4, -0.2) is 56.1 Å². The molecule has 0 aromatic heterocycles. The van der Waals surface area contributed by atoms with Crippen LogP contribution in [0.3, 0.4) is 0 Å². The van der Waals surface area contributed by atoms with Crippen molar-refractivity contribution in [3.8, 4) is 11.5 Å². The van der Waals surface area contributed by atoms with E-state index < -0.39 is 0 Å². The number of piperidine rings is 1. The van der Waals surface area contributed by atoms with E-state index in [0.29, 0.717) is 12.5 Å². The Morgan fingerprint density at radius 1 is 0.935 bits per heavy atom. The number of ether oxygens (including phenoxy) is 2. The molecular weight excluding hydrogens is 388 g/mol. The highest BCUT2D eigenvalue weighted by molar-refractivity contribution is 5.78. The van der Waals surface area contributed by atoms with E-state index in [4.69, 9.17) is 9.47 Å². The Morgan fingerprint density at radius 2 is 1.68 bits per heavy atom. The zero-order valence-electron chi connectivity index (χ0n) is 18.8. The molecule has 166 valence electrons. The Hall–Kier alpha value is -2.53. The van der Waals surface area contributed by atoms with E-state index in [9.17, 15) is 4.79 Å². The summed E-state index contributed by atoms with van der Waals surface area (Å²) in [6, 6.07) is 17.1. The van der Waals surface area contributed by atoms with Crippen molar-refractivity contribution < 1.29 is 14.3 Å². The van der Waals surface area contributed by atoms with Crippen LogP contribution in [-0.2, 0) is 11.2 Å². The van der Waals surface area contributed by atoms with Gasteiger partial charge in [0.05, 0.1) is 20.8 Å². The lowest BCUT2D eigenvalue weighted by Gasteiger charge is -2.34. The molecular formula is C26H34N2O3. The zero-order chi connectivity index (χ0) is 21.6. The van der Waals surface area contributed by atoms with Gasteiger partial charge in [0.15, 0.2) is 11.5 Å². The standard InChI is InChI=1S/C26H34N2O3/c1-30-24-11-10-22(18-25(24)31-2)23-9-6-14-28(23)19-26(29)27-15-12-21(13-16-27)17-20-7-4-3-5-8-20/h3-5,7-8,10-11,18,21,23H,6,9,12-17,19H2,1-2H3/t23-/m0/s1. The summed E-state index contributed by atoms with van der Waals surface area (Å²) in [5.74, 6) is 2.44. The Balaban J connectivity index is 1.32. The van der Waals surface area contributed by atoms with Gasteiger partial charge in [0.2, 0.25) is 5.91 Å². The van der Waals surface area contributed by atoms with E-state index in [1.807, 2.05) is 6.07 Å². The fourth-order valence-corrected chi connectivity index (χ4v) is 5.06. The second-order valence-electron chi connectivity index (χ2n) is 8.76.